The van der Waals surface area contributed by atoms with Gasteiger partial charge in [-0.3, -0.25) is 4.79 Å². The molecule has 21 heavy (non-hydrogen) atoms. The molecule has 0 aliphatic carbocycles. The van der Waals surface area contributed by atoms with Crippen LogP contribution in [0.15, 0.2) is 24.3 Å². The standard InChI is InChI=1S/C17H26FNO2/c1-11(2)15(20)17(4,5)10-19-16(21)12(3)13-8-6-7-9-14(13)18/h6-9,11-12,15,20H,10H2,1-5H3,(H,19,21). The van der Waals surface area contributed by atoms with Crippen LogP contribution in [0, 0.1) is 17.2 Å². The molecule has 1 rings (SSSR count). The van der Waals surface area contributed by atoms with Gasteiger partial charge in [0, 0.05) is 12.0 Å². The Morgan fingerprint density at radius 2 is 1.86 bits per heavy atom. The van der Waals surface area contributed by atoms with Gasteiger partial charge in [-0.15, -0.1) is 0 Å². The van der Waals surface area contributed by atoms with Gasteiger partial charge in [0.25, 0.3) is 0 Å². The molecule has 0 aliphatic rings. The molecule has 1 aromatic rings. The Balaban J connectivity index is 2.68. The SMILES string of the molecule is CC(C(=O)NCC(C)(C)C(O)C(C)C)c1ccccc1F. The molecule has 0 aliphatic heterocycles. The van der Waals surface area contributed by atoms with Gasteiger partial charge in [-0.05, 0) is 24.5 Å². The van der Waals surface area contributed by atoms with Crippen molar-refractivity contribution in [1.29, 1.82) is 0 Å². The number of aliphatic hydroxyl groups excluding tert-OH is 1. The minimum Gasteiger partial charge on any atom is -0.392 e. The second-order valence-corrected chi connectivity index (χ2v) is 6.64. The van der Waals surface area contributed by atoms with Crippen molar-refractivity contribution in [3.63, 3.8) is 0 Å². The minimum atomic E-state index is -0.557. The first-order valence-electron chi connectivity index (χ1n) is 7.37. The molecule has 0 radical (unpaired) electrons. The molecule has 1 amide bonds. The summed E-state index contributed by atoms with van der Waals surface area (Å²) < 4.78 is 13.7. The Morgan fingerprint density at radius 3 is 2.38 bits per heavy atom. The molecule has 118 valence electrons. The van der Waals surface area contributed by atoms with E-state index in [4.69, 9.17) is 0 Å². The maximum atomic E-state index is 13.7. The van der Waals surface area contributed by atoms with Gasteiger partial charge in [0.2, 0.25) is 5.91 Å². The zero-order valence-corrected chi connectivity index (χ0v) is 13.5. The normalized spacial score (nSPS) is 14.9. The predicted molar refractivity (Wildman–Crippen MR) is 82.5 cm³/mol. The third kappa shape index (κ3) is 4.53. The Labute approximate surface area is 126 Å². The number of aliphatic hydroxyl groups is 1. The summed E-state index contributed by atoms with van der Waals surface area (Å²) in [6, 6.07) is 6.29. The van der Waals surface area contributed by atoms with Crippen LogP contribution in [0.3, 0.4) is 0 Å². The highest BCUT2D eigenvalue weighted by atomic mass is 19.1. The van der Waals surface area contributed by atoms with E-state index in [-0.39, 0.29) is 17.6 Å². The molecule has 2 N–H and O–H groups in total. The van der Waals surface area contributed by atoms with E-state index in [1.165, 1.54) is 6.07 Å². The van der Waals surface area contributed by atoms with Crippen molar-refractivity contribution < 1.29 is 14.3 Å². The lowest BCUT2D eigenvalue weighted by molar-refractivity contribution is -0.123. The van der Waals surface area contributed by atoms with Crippen molar-refractivity contribution in [2.45, 2.75) is 46.6 Å². The average molecular weight is 295 g/mol. The maximum Gasteiger partial charge on any atom is 0.227 e. The van der Waals surface area contributed by atoms with E-state index in [1.54, 1.807) is 25.1 Å². The number of benzene rings is 1. The molecule has 2 atom stereocenters. The molecule has 0 fully saturated rings. The van der Waals surface area contributed by atoms with E-state index in [0.29, 0.717) is 12.1 Å². The average Bonchev–Trinajstić information content (AvgIpc) is 2.43. The van der Waals surface area contributed by atoms with E-state index in [2.05, 4.69) is 5.32 Å². The number of carbonyl (C=O) groups excluding carboxylic acids is 1. The topological polar surface area (TPSA) is 49.3 Å². The highest BCUT2D eigenvalue weighted by Crippen LogP contribution is 2.26. The van der Waals surface area contributed by atoms with Gasteiger partial charge in [0.15, 0.2) is 0 Å². The summed E-state index contributed by atoms with van der Waals surface area (Å²) in [5, 5.41) is 13.0. The molecule has 4 heteroatoms. The van der Waals surface area contributed by atoms with Gasteiger partial charge in [-0.25, -0.2) is 4.39 Å². The van der Waals surface area contributed by atoms with Crippen LogP contribution < -0.4 is 5.32 Å². The van der Waals surface area contributed by atoms with E-state index in [0.717, 1.165) is 0 Å². The number of amides is 1. The third-order valence-corrected chi connectivity index (χ3v) is 3.92. The maximum absolute atomic E-state index is 13.7. The molecule has 2 unspecified atom stereocenters. The molecule has 0 saturated heterocycles. The zero-order chi connectivity index (χ0) is 16.2. The summed E-state index contributed by atoms with van der Waals surface area (Å²) in [5.41, 5.74) is -0.0455. The molecule has 0 aromatic heterocycles. The van der Waals surface area contributed by atoms with Crippen molar-refractivity contribution in [1.82, 2.24) is 5.32 Å². The van der Waals surface area contributed by atoms with Crippen LogP contribution in [0.4, 0.5) is 4.39 Å². The van der Waals surface area contributed by atoms with Crippen molar-refractivity contribution in [2.24, 2.45) is 11.3 Å². The van der Waals surface area contributed by atoms with Gasteiger partial charge in [0.1, 0.15) is 5.82 Å². The van der Waals surface area contributed by atoms with Crippen LogP contribution in [-0.2, 0) is 4.79 Å². The van der Waals surface area contributed by atoms with E-state index in [1.807, 2.05) is 27.7 Å². The summed E-state index contributed by atoms with van der Waals surface area (Å²) >= 11 is 0. The molecule has 3 nitrogen and oxygen atoms in total. The molecule has 0 heterocycles. The number of carbonyl (C=O) groups is 1. The third-order valence-electron chi connectivity index (χ3n) is 3.92. The van der Waals surface area contributed by atoms with Crippen LogP contribution in [0.25, 0.3) is 0 Å². The van der Waals surface area contributed by atoms with Crippen LogP contribution in [-0.4, -0.2) is 23.7 Å². The fourth-order valence-electron chi connectivity index (χ4n) is 2.44. The lowest BCUT2D eigenvalue weighted by atomic mass is 9.80. The van der Waals surface area contributed by atoms with Crippen LogP contribution in [0.2, 0.25) is 0 Å². The van der Waals surface area contributed by atoms with Crippen LogP contribution >= 0.6 is 0 Å². The van der Waals surface area contributed by atoms with Crippen molar-refractivity contribution in [3.8, 4) is 0 Å². The van der Waals surface area contributed by atoms with Crippen molar-refractivity contribution in [2.75, 3.05) is 6.54 Å². The predicted octanol–water partition coefficient (Wildman–Crippen LogP) is 3.09. The Bertz CT molecular complexity index is 485. The number of halogens is 1. The molecular formula is C17H26FNO2. The highest BCUT2D eigenvalue weighted by molar-refractivity contribution is 5.83. The lowest BCUT2D eigenvalue weighted by Crippen LogP contribution is -2.44. The fourth-order valence-corrected chi connectivity index (χ4v) is 2.44. The van der Waals surface area contributed by atoms with Crippen molar-refractivity contribution in [3.05, 3.63) is 35.6 Å². The smallest absolute Gasteiger partial charge is 0.227 e. The zero-order valence-electron chi connectivity index (χ0n) is 13.5. The molecule has 0 saturated carbocycles. The van der Waals surface area contributed by atoms with E-state index < -0.39 is 17.4 Å². The van der Waals surface area contributed by atoms with E-state index in [9.17, 15) is 14.3 Å². The van der Waals surface area contributed by atoms with Gasteiger partial charge in [0.05, 0.1) is 12.0 Å². The quantitative estimate of drug-likeness (QED) is 0.847. The van der Waals surface area contributed by atoms with Gasteiger partial charge in [-0.2, -0.15) is 0 Å². The fraction of sp³-hybridized carbons (Fsp3) is 0.588. The first-order chi connectivity index (χ1) is 9.66. The first kappa shape index (κ1) is 17.6. The number of hydrogen-bond donors (Lipinski definition) is 2. The summed E-state index contributed by atoms with van der Waals surface area (Å²) in [4.78, 5) is 12.2. The summed E-state index contributed by atoms with van der Waals surface area (Å²) in [7, 11) is 0. The van der Waals surface area contributed by atoms with Gasteiger partial charge >= 0.3 is 0 Å². The summed E-state index contributed by atoms with van der Waals surface area (Å²) in [6.45, 7) is 9.73. The molecule has 0 spiro atoms. The van der Waals surface area contributed by atoms with E-state index >= 15 is 0 Å². The Kier molecular flexibility index (Phi) is 5.90. The summed E-state index contributed by atoms with van der Waals surface area (Å²) in [5.74, 6) is -1.05. The minimum absolute atomic E-state index is 0.112. The van der Waals surface area contributed by atoms with Crippen LogP contribution in [0.5, 0.6) is 0 Å². The largest absolute Gasteiger partial charge is 0.392 e. The number of nitrogens with one attached hydrogen (secondary N) is 1. The van der Waals surface area contributed by atoms with Gasteiger partial charge < -0.3 is 10.4 Å². The summed E-state index contributed by atoms with van der Waals surface area (Å²) in [6.07, 6.45) is -0.512. The van der Waals surface area contributed by atoms with Crippen LogP contribution in [0.1, 0.15) is 46.1 Å². The number of rotatable bonds is 6. The lowest BCUT2D eigenvalue weighted by Gasteiger charge is -2.33. The van der Waals surface area contributed by atoms with Crippen molar-refractivity contribution >= 4 is 5.91 Å². The number of hydrogen-bond acceptors (Lipinski definition) is 2. The molecule has 0 bridgehead atoms. The van der Waals surface area contributed by atoms with Gasteiger partial charge in [-0.1, -0.05) is 45.9 Å². The second kappa shape index (κ2) is 7.03. The second-order valence-electron chi connectivity index (χ2n) is 6.64. The Morgan fingerprint density at radius 1 is 1.29 bits per heavy atom. The Hall–Kier alpha value is -1.42. The monoisotopic (exact) mass is 295 g/mol. The molecule has 1 aromatic carbocycles. The first-order valence-corrected chi connectivity index (χ1v) is 7.37. The highest BCUT2D eigenvalue weighted by Gasteiger charge is 2.31. The molecular weight excluding hydrogens is 269 g/mol.